The molecule has 0 saturated heterocycles. The predicted octanol–water partition coefficient (Wildman–Crippen LogP) is 3.47. The second-order valence-corrected chi connectivity index (χ2v) is 4.90. The second kappa shape index (κ2) is 6.97. The third kappa shape index (κ3) is 4.40. The Kier molecular flexibility index (Phi) is 5.86. The second-order valence-electron chi connectivity index (χ2n) is 4.90. The molecule has 1 N–H and O–H groups in total. The van der Waals surface area contributed by atoms with Crippen molar-refractivity contribution in [2.75, 3.05) is 13.7 Å². The van der Waals surface area contributed by atoms with Gasteiger partial charge in [-0.3, -0.25) is 4.68 Å². The van der Waals surface area contributed by atoms with Gasteiger partial charge in [0.2, 0.25) is 0 Å². The highest BCUT2D eigenvalue weighted by Crippen LogP contribution is 2.33. The molecule has 0 bridgehead atoms. The van der Waals surface area contributed by atoms with Crippen LogP contribution in [0.5, 0.6) is 5.75 Å². The van der Waals surface area contributed by atoms with E-state index in [0.29, 0.717) is 18.0 Å². The van der Waals surface area contributed by atoms with Gasteiger partial charge in [0.1, 0.15) is 0 Å². The highest BCUT2D eigenvalue weighted by atomic mass is 19.4. The van der Waals surface area contributed by atoms with Crippen molar-refractivity contribution in [3.8, 4) is 5.75 Å². The smallest absolute Gasteiger partial charge is 0.389 e. The van der Waals surface area contributed by atoms with Crippen molar-refractivity contribution in [2.45, 2.75) is 51.9 Å². The molecule has 1 heterocycles. The standard InChI is InChI=1S/C13H22F3N3O/c1-5-17-10(6-7-13(14,15)16)12-11(20-4)8-18-19(12)9(2)3/h8-10,17H,5-7H2,1-4H3. The summed E-state index contributed by atoms with van der Waals surface area (Å²) in [6.45, 7) is 6.31. The minimum absolute atomic E-state index is 0.0356. The molecule has 20 heavy (non-hydrogen) atoms. The van der Waals surface area contributed by atoms with Crippen molar-refractivity contribution in [1.82, 2.24) is 15.1 Å². The zero-order valence-electron chi connectivity index (χ0n) is 12.3. The first kappa shape index (κ1) is 16.8. The van der Waals surface area contributed by atoms with E-state index >= 15 is 0 Å². The fraction of sp³-hybridized carbons (Fsp3) is 0.769. The highest BCUT2D eigenvalue weighted by Gasteiger charge is 2.31. The van der Waals surface area contributed by atoms with Crippen molar-refractivity contribution in [1.29, 1.82) is 0 Å². The Bertz CT molecular complexity index is 415. The van der Waals surface area contributed by atoms with Crippen LogP contribution in [0.15, 0.2) is 6.20 Å². The van der Waals surface area contributed by atoms with Crippen molar-refractivity contribution in [3.63, 3.8) is 0 Å². The fourth-order valence-electron chi connectivity index (χ4n) is 2.15. The van der Waals surface area contributed by atoms with Crippen LogP contribution >= 0.6 is 0 Å². The van der Waals surface area contributed by atoms with Gasteiger partial charge in [-0.25, -0.2) is 0 Å². The van der Waals surface area contributed by atoms with Gasteiger partial charge in [0, 0.05) is 12.5 Å². The molecule has 1 aromatic rings. The maximum Gasteiger partial charge on any atom is 0.389 e. The van der Waals surface area contributed by atoms with Crippen LogP contribution in [-0.2, 0) is 0 Å². The lowest BCUT2D eigenvalue weighted by atomic mass is 10.1. The first-order valence-electron chi connectivity index (χ1n) is 6.71. The Labute approximate surface area is 117 Å². The van der Waals surface area contributed by atoms with Gasteiger partial charge < -0.3 is 10.1 Å². The van der Waals surface area contributed by atoms with Gasteiger partial charge in [0.25, 0.3) is 0 Å². The van der Waals surface area contributed by atoms with E-state index in [9.17, 15) is 13.2 Å². The topological polar surface area (TPSA) is 39.1 Å². The minimum atomic E-state index is -4.16. The summed E-state index contributed by atoms with van der Waals surface area (Å²) in [7, 11) is 1.50. The Hall–Kier alpha value is -1.24. The Balaban J connectivity index is 3.03. The molecule has 0 aliphatic rings. The van der Waals surface area contributed by atoms with Crippen molar-refractivity contribution in [3.05, 3.63) is 11.9 Å². The number of hydrogen-bond donors (Lipinski definition) is 1. The number of ether oxygens (including phenoxy) is 1. The molecule has 0 saturated carbocycles. The SMILES string of the molecule is CCNC(CCC(F)(F)F)c1c(OC)cnn1C(C)C. The first-order valence-corrected chi connectivity index (χ1v) is 6.71. The molecule has 4 nitrogen and oxygen atoms in total. The average Bonchev–Trinajstić information content (AvgIpc) is 2.77. The summed E-state index contributed by atoms with van der Waals surface area (Å²) < 4.78 is 44.3. The number of nitrogens with zero attached hydrogens (tertiary/aromatic N) is 2. The van der Waals surface area contributed by atoms with E-state index in [4.69, 9.17) is 4.74 Å². The number of alkyl halides is 3. The van der Waals surface area contributed by atoms with Crippen molar-refractivity contribution < 1.29 is 17.9 Å². The van der Waals surface area contributed by atoms with E-state index in [0.717, 1.165) is 0 Å². The number of methoxy groups -OCH3 is 1. The molecule has 0 aliphatic carbocycles. The van der Waals surface area contributed by atoms with Crippen LogP contribution in [0.4, 0.5) is 13.2 Å². The van der Waals surface area contributed by atoms with Crippen molar-refractivity contribution in [2.24, 2.45) is 0 Å². The Morgan fingerprint density at radius 2 is 2.05 bits per heavy atom. The Morgan fingerprint density at radius 1 is 1.40 bits per heavy atom. The third-order valence-corrected chi connectivity index (χ3v) is 3.00. The molecule has 0 radical (unpaired) electrons. The molecule has 0 aromatic carbocycles. The highest BCUT2D eigenvalue weighted by molar-refractivity contribution is 5.28. The monoisotopic (exact) mass is 293 g/mol. The number of hydrogen-bond acceptors (Lipinski definition) is 3. The summed E-state index contributed by atoms with van der Waals surface area (Å²) in [5.74, 6) is 0.520. The number of nitrogens with one attached hydrogen (secondary N) is 1. The molecule has 7 heteroatoms. The van der Waals surface area contributed by atoms with Gasteiger partial charge in [-0.2, -0.15) is 18.3 Å². The molecule has 1 unspecified atom stereocenters. The molecule has 0 amide bonds. The maximum atomic E-state index is 12.5. The lowest BCUT2D eigenvalue weighted by Crippen LogP contribution is -2.26. The van der Waals surface area contributed by atoms with Gasteiger partial charge in [0.05, 0.1) is 25.0 Å². The minimum Gasteiger partial charge on any atom is -0.493 e. The van der Waals surface area contributed by atoms with Crippen LogP contribution in [-0.4, -0.2) is 29.6 Å². The third-order valence-electron chi connectivity index (χ3n) is 3.00. The first-order chi connectivity index (χ1) is 9.30. The lowest BCUT2D eigenvalue weighted by molar-refractivity contribution is -0.136. The zero-order valence-corrected chi connectivity index (χ0v) is 12.3. The molecule has 116 valence electrons. The van der Waals surface area contributed by atoms with Gasteiger partial charge in [0.15, 0.2) is 5.75 Å². The van der Waals surface area contributed by atoms with Crippen LogP contribution in [0.25, 0.3) is 0 Å². The summed E-state index contributed by atoms with van der Waals surface area (Å²) in [5.41, 5.74) is 0.675. The number of halogens is 3. The van der Waals surface area contributed by atoms with Gasteiger partial charge in [-0.15, -0.1) is 0 Å². The molecule has 0 fully saturated rings. The van der Waals surface area contributed by atoms with E-state index in [1.807, 2.05) is 20.8 Å². The molecule has 1 rings (SSSR count). The quantitative estimate of drug-likeness (QED) is 0.836. The Morgan fingerprint density at radius 3 is 2.50 bits per heavy atom. The largest absolute Gasteiger partial charge is 0.493 e. The number of rotatable bonds is 7. The van der Waals surface area contributed by atoms with Crippen LogP contribution in [0.1, 0.15) is 51.4 Å². The summed E-state index contributed by atoms with van der Waals surface area (Å²) in [5, 5.41) is 7.29. The van der Waals surface area contributed by atoms with Gasteiger partial charge >= 0.3 is 6.18 Å². The normalized spacial score (nSPS) is 13.8. The zero-order chi connectivity index (χ0) is 15.3. The molecule has 0 aliphatic heterocycles. The van der Waals surface area contributed by atoms with Gasteiger partial charge in [-0.1, -0.05) is 6.92 Å². The fourth-order valence-corrected chi connectivity index (χ4v) is 2.15. The molecule has 1 atom stereocenters. The van der Waals surface area contributed by atoms with Crippen LogP contribution in [0.2, 0.25) is 0 Å². The molecule has 1 aromatic heterocycles. The summed E-state index contributed by atoms with van der Waals surface area (Å²) in [6.07, 6.45) is -3.49. The molecule has 0 spiro atoms. The van der Waals surface area contributed by atoms with Gasteiger partial charge in [-0.05, 0) is 26.8 Å². The van der Waals surface area contributed by atoms with E-state index in [1.165, 1.54) is 7.11 Å². The summed E-state index contributed by atoms with van der Waals surface area (Å²) in [6, 6.07) is -0.373. The number of aromatic nitrogens is 2. The average molecular weight is 293 g/mol. The molecular weight excluding hydrogens is 271 g/mol. The van der Waals surface area contributed by atoms with E-state index < -0.39 is 18.6 Å². The lowest BCUT2D eigenvalue weighted by Gasteiger charge is -2.22. The molecular formula is C13H22F3N3O. The van der Waals surface area contributed by atoms with Crippen molar-refractivity contribution >= 4 is 0 Å². The maximum absolute atomic E-state index is 12.5. The van der Waals surface area contributed by atoms with E-state index in [2.05, 4.69) is 10.4 Å². The van der Waals surface area contributed by atoms with Crippen LogP contribution < -0.4 is 10.1 Å². The summed E-state index contributed by atoms with van der Waals surface area (Å²) >= 11 is 0. The van der Waals surface area contributed by atoms with E-state index in [-0.39, 0.29) is 12.5 Å². The predicted molar refractivity (Wildman–Crippen MR) is 70.9 cm³/mol. The van der Waals surface area contributed by atoms with E-state index in [1.54, 1.807) is 10.9 Å². The summed E-state index contributed by atoms with van der Waals surface area (Å²) in [4.78, 5) is 0. The van der Waals surface area contributed by atoms with Crippen LogP contribution in [0, 0.1) is 0 Å². The van der Waals surface area contributed by atoms with Crippen LogP contribution in [0.3, 0.4) is 0 Å².